The molecular formula is C12H14ClFO. The largest absolute Gasteiger partial charge is 0.388 e. The van der Waals surface area contributed by atoms with Crippen LogP contribution in [0, 0.1) is 11.7 Å². The second-order valence-electron chi connectivity index (χ2n) is 4.12. The van der Waals surface area contributed by atoms with Crippen molar-refractivity contribution in [3.8, 4) is 0 Å². The molecule has 3 heteroatoms. The van der Waals surface area contributed by atoms with Crippen molar-refractivity contribution in [1.82, 2.24) is 0 Å². The Labute approximate surface area is 93.9 Å². The zero-order valence-electron chi connectivity index (χ0n) is 8.42. The van der Waals surface area contributed by atoms with Crippen LogP contribution in [-0.2, 0) is 0 Å². The summed E-state index contributed by atoms with van der Waals surface area (Å²) in [6.07, 6.45) is 3.42. The molecule has 0 aliphatic heterocycles. The molecule has 0 spiro atoms. The first-order valence-corrected chi connectivity index (χ1v) is 5.70. The Morgan fingerprint density at radius 3 is 2.60 bits per heavy atom. The zero-order chi connectivity index (χ0) is 10.8. The molecule has 2 rings (SSSR count). The molecule has 1 aromatic carbocycles. The van der Waals surface area contributed by atoms with E-state index in [4.69, 9.17) is 11.6 Å². The molecule has 0 unspecified atom stereocenters. The molecule has 82 valence electrons. The highest BCUT2D eigenvalue weighted by atomic mass is 35.5. The van der Waals surface area contributed by atoms with Gasteiger partial charge in [0.15, 0.2) is 0 Å². The summed E-state index contributed by atoms with van der Waals surface area (Å²) in [7, 11) is 0. The molecule has 0 heterocycles. The lowest BCUT2D eigenvalue weighted by Gasteiger charge is -2.19. The normalized spacial score (nSPS) is 19.4. The van der Waals surface area contributed by atoms with E-state index < -0.39 is 11.9 Å². The summed E-state index contributed by atoms with van der Waals surface area (Å²) in [4.78, 5) is 0. The van der Waals surface area contributed by atoms with Gasteiger partial charge in [0, 0.05) is 10.6 Å². The van der Waals surface area contributed by atoms with Gasteiger partial charge >= 0.3 is 0 Å². The molecule has 1 saturated carbocycles. The minimum Gasteiger partial charge on any atom is -0.388 e. The predicted octanol–water partition coefficient (Wildman–Crippen LogP) is 3.70. The first-order valence-electron chi connectivity index (χ1n) is 5.32. The maximum absolute atomic E-state index is 13.5. The van der Waals surface area contributed by atoms with E-state index in [1.165, 1.54) is 6.07 Å². The van der Waals surface area contributed by atoms with E-state index in [2.05, 4.69) is 0 Å². The molecular weight excluding hydrogens is 215 g/mol. The topological polar surface area (TPSA) is 20.2 Å². The van der Waals surface area contributed by atoms with Crippen LogP contribution in [0.3, 0.4) is 0 Å². The first-order chi connectivity index (χ1) is 7.20. The quantitative estimate of drug-likeness (QED) is 0.818. The zero-order valence-corrected chi connectivity index (χ0v) is 9.17. The highest BCUT2D eigenvalue weighted by Crippen LogP contribution is 2.38. The van der Waals surface area contributed by atoms with Gasteiger partial charge in [-0.3, -0.25) is 0 Å². The van der Waals surface area contributed by atoms with E-state index in [0.717, 1.165) is 25.7 Å². The highest BCUT2D eigenvalue weighted by molar-refractivity contribution is 6.31. The van der Waals surface area contributed by atoms with Crippen molar-refractivity contribution in [2.75, 3.05) is 0 Å². The molecule has 0 aromatic heterocycles. The van der Waals surface area contributed by atoms with Crippen LogP contribution in [0.1, 0.15) is 37.4 Å². The van der Waals surface area contributed by atoms with Crippen molar-refractivity contribution < 1.29 is 9.50 Å². The number of hydrogen-bond acceptors (Lipinski definition) is 1. The standard InChI is InChI=1S/C12H14ClFO/c13-9-6-3-7-10(14)11(9)12(15)8-4-1-2-5-8/h3,6-8,12,15H,1-2,4-5H2/t12-/m0/s1. The number of hydrogen-bond donors (Lipinski definition) is 1. The van der Waals surface area contributed by atoms with E-state index >= 15 is 0 Å². The van der Waals surface area contributed by atoms with Gasteiger partial charge in [0.2, 0.25) is 0 Å². The van der Waals surface area contributed by atoms with Gasteiger partial charge in [-0.05, 0) is 30.9 Å². The molecule has 1 aliphatic carbocycles. The third-order valence-electron chi connectivity index (χ3n) is 3.14. The van der Waals surface area contributed by atoms with Crippen LogP contribution in [0.4, 0.5) is 4.39 Å². The Balaban J connectivity index is 2.27. The molecule has 1 nitrogen and oxygen atoms in total. The van der Waals surface area contributed by atoms with Crippen LogP contribution >= 0.6 is 11.6 Å². The van der Waals surface area contributed by atoms with Gasteiger partial charge in [-0.15, -0.1) is 0 Å². The van der Waals surface area contributed by atoms with Gasteiger partial charge < -0.3 is 5.11 Å². The molecule has 0 radical (unpaired) electrons. The summed E-state index contributed by atoms with van der Waals surface area (Å²) in [5.41, 5.74) is 0.270. The molecule has 0 saturated heterocycles. The van der Waals surface area contributed by atoms with Crippen LogP contribution in [0.15, 0.2) is 18.2 Å². The molecule has 15 heavy (non-hydrogen) atoms. The van der Waals surface area contributed by atoms with E-state index in [1.54, 1.807) is 12.1 Å². The molecule has 1 aliphatic rings. The van der Waals surface area contributed by atoms with Gasteiger partial charge in [-0.25, -0.2) is 4.39 Å². The third-order valence-corrected chi connectivity index (χ3v) is 3.47. The van der Waals surface area contributed by atoms with Crippen molar-refractivity contribution in [3.05, 3.63) is 34.6 Å². The van der Waals surface area contributed by atoms with E-state index in [9.17, 15) is 9.50 Å². The fourth-order valence-electron chi connectivity index (χ4n) is 2.30. The monoisotopic (exact) mass is 228 g/mol. The van der Waals surface area contributed by atoms with Gasteiger partial charge in [0.25, 0.3) is 0 Å². The van der Waals surface area contributed by atoms with Gasteiger partial charge in [-0.2, -0.15) is 0 Å². The average molecular weight is 229 g/mol. The average Bonchev–Trinajstić information content (AvgIpc) is 2.69. The minimum absolute atomic E-state index is 0.166. The van der Waals surface area contributed by atoms with Gasteiger partial charge in [-0.1, -0.05) is 30.5 Å². The number of aliphatic hydroxyl groups excluding tert-OH is 1. The smallest absolute Gasteiger partial charge is 0.130 e. The van der Waals surface area contributed by atoms with Gasteiger partial charge in [0.05, 0.1) is 6.10 Å². The summed E-state index contributed by atoms with van der Waals surface area (Å²) < 4.78 is 13.5. The van der Waals surface area contributed by atoms with Crippen LogP contribution in [0.25, 0.3) is 0 Å². The van der Waals surface area contributed by atoms with Crippen molar-refractivity contribution in [3.63, 3.8) is 0 Å². The molecule has 1 atom stereocenters. The van der Waals surface area contributed by atoms with Crippen LogP contribution in [0.5, 0.6) is 0 Å². The van der Waals surface area contributed by atoms with E-state index in [1.807, 2.05) is 0 Å². The lowest BCUT2D eigenvalue weighted by molar-refractivity contribution is 0.108. The predicted molar refractivity (Wildman–Crippen MR) is 58.3 cm³/mol. The molecule has 0 bridgehead atoms. The van der Waals surface area contributed by atoms with E-state index in [-0.39, 0.29) is 11.5 Å². The second kappa shape index (κ2) is 4.50. The SMILES string of the molecule is O[C@H](c1c(F)cccc1Cl)C1CCCC1. The Morgan fingerprint density at radius 2 is 2.00 bits per heavy atom. The Kier molecular flexibility index (Phi) is 3.27. The van der Waals surface area contributed by atoms with Crippen molar-refractivity contribution in [2.45, 2.75) is 31.8 Å². The number of aliphatic hydroxyl groups is 1. The summed E-state index contributed by atoms with van der Waals surface area (Å²) in [5.74, 6) is -0.235. The first kappa shape index (κ1) is 10.9. The fraction of sp³-hybridized carbons (Fsp3) is 0.500. The number of rotatable bonds is 2. The van der Waals surface area contributed by atoms with Crippen LogP contribution < -0.4 is 0 Å². The van der Waals surface area contributed by atoms with Crippen molar-refractivity contribution in [2.24, 2.45) is 5.92 Å². The molecule has 0 amide bonds. The maximum atomic E-state index is 13.5. The summed E-state index contributed by atoms with van der Waals surface area (Å²) in [5, 5.41) is 10.4. The lowest BCUT2D eigenvalue weighted by atomic mass is 9.94. The van der Waals surface area contributed by atoms with Crippen LogP contribution in [-0.4, -0.2) is 5.11 Å². The Morgan fingerprint density at radius 1 is 1.33 bits per heavy atom. The summed E-state index contributed by atoms with van der Waals surface area (Å²) in [6.45, 7) is 0. The molecule has 1 fully saturated rings. The number of benzene rings is 1. The summed E-state index contributed by atoms with van der Waals surface area (Å²) >= 11 is 5.90. The highest BCUT2D eigenvalue weighted by Gasteiger charge is 2.27. The van der Waals surface area contributed by atoms with Crippen molar-refractivity contribution in [1.29, 1.82) is 0 Å². The van der Waals surface area contributed by atoms with E-state index in [0.29, 0.717) is 5.02 Å². The molecule has 1 N–H and O–H groups in total. The van der Waals surface area contributed by atoms with Gasteiger partial charge in [0.1, 0.15) is 5.82 Å². The summed E-state index contributed by atoms with van der Waals surface area (Å²) in [6, 6.07) is 4.53. The Bertz CT molecular complexity index is 327. The van der Waals surface area contributed by atoms with Crippen LogP contribution in [0.2, 0.25) is 5.02 Å². The lowest BCUT2D eigenvalue weighted by Crippen LogP contribution is -2.11. The second-order valence-corrected chi connectivity index (χ2v) is 4.53. The molecule has 1 aromatic rings. The minimum atomic E-state index is -0.749. The van der Waals surface area contributed by atoms with Crippen molar-refractivity contribution >= 4 is 11.6 Å². The number of halogens is 2. The maximum Gasteiger partial charge on any atom is 0.130 e. The fourth-order valence-corrected chi connectivity index (χ4v) is 2.58. The Hall–Kier alpha value is -0.600. The third kappa shape index (κ3) is 2.16.